The summed E-state index contributed by atoms with van der Waals surface area (Å²) >= 11 is 0. The molecule has 2 aliphatic rings. The number of piperidine rings is 1. The van der Waals surface area contributed by atoms with Gasteiger partial charge in [0.15, 0.2) is 0 Å². The van der Waals surface area contributed by atoms with Gasteiger partial charge in [-0.2, -0.15) is 0 Å². The molecule has 2 fully saturated rings. The molecule has 0 aromatic rings. The quantitative estimate of drug-likeness (QED) is 0.828. The zero-order valence-corrected chi connectivity index (χ0v) is 13.2. The second-order valence-corrected chi connectivity index (χ2v) is 6.79. The van der Waals surface area contributed by atoms with Gasteiger partial charge in [-0.1, -0.05) is 19.8 Å². The Kier molecular flexibility index (Phi) is 5.08. The summed E-state index contributed by atoms with van der Waals surface area (Å²) in [4.78, 5) is 14.5. The van der Waals surface area contributed by atoms with Gasteiger partial charge in [-0.25, -0.2) is 0 Å². The fourth-order valence-corrected chi connectivity index (χ4v) is 3.58. The third kappa shape index (κ3) is 3.34. The summed E-state index contributed by atoms with van der Waals surface area (Å²) in [5.74, 6) is 0.476. The van der Waals surface area contributed by atoms with Gasteiger partial charge < -0.3 is 10.4 Å². The molecule has 0 aromatic carbocycles. The van der Waals surface area contributed by atoms with Crippen LogP contribution in [-0.2, 0) is 4.79 Å². The Morgan fingerprint density at radius 3 is 2.85 bits per heavy atom. The molecule has 1 saturated carbocycles. The number of rotatable bonds is 4. The fraction of sp³-hybridized carbons (Fsp3) is 0.938. The highest BCUT2D eigenvalue weighted by Crippen LogP contribution is 2.40. The third-order valence-corrected chi connectivity index (χ3v) is 5.39. The molecular weight excluding hydrogens is 252 g/mol. The standard InChI is InChI=1S/C16H30N2O2/c1-4-12(2)17-15(19)13(3)18-10-9-16(20)8-6-5-7-14(16)11-18/h12-14,20H,4-11H2,1-3H3,(H,17,19). The Morgan fingerprint density at radius 2 is 2.15 bits per heavy atom. The lowest BCUT2D eigenvalue weighted by Gasteiger charge is -2.48. The maximum absolute atomic E-state index is 12.2. The third-order valence-electron chi connectivity index (χ3n) is 5.39. The molecule has 0 radical (unpaired) electrons. The topological polar surface area (TPSA) is 52.6 Å². The van der Waals surface area contributed by atoms with Crippen molar-refractivity contribution in [2.45, 2.75) is 77.0 Å². The largest absolute Gasteiger partial charge is 0.390 e. The van der Waals surface area contributed by atoms with Crippen LogP contribution >= 0.6 is 0 Å². The van der Waals surface area contributed by atoms with Crippen molar-refractivity contribution in [3.05, 3.63) is 0 Å². The van der Waals surface area contributed by atoms with Gasteiger partial charge in [0, 0.05) is 25.0 Å². The molecule has 1 amide bonds. The number of likely N-dealkylation sites (tertiary alicyclic amines) is 1. The Labute approximate surface area is 122 Å². The molecule has 1 aliphatic heterocycles. The molecule has 2 rings (SSSR count). The fourth-order valence-electron chi connectivity index (χ4n) is 3.58. The highest BCUT2D eigenvalue weighted by molar-refractivity contribution is 5.81. The Bertz CT molecular complexity index is 347. The molecule has 2 N–H and O–H groups in total. The van der Waals surface area contributed by atoms with Gasteiger partial charge in [0.25, 0.3) is 0 Å². The van der Waals surface area contributed by atoms with Crippen LogP contribution in [0.4, 0.5) is 0 Å². The van der Waals surface area contributed by atoms with Crippen LogP contribution in [0.25, 0.3) is 0 Å². The summed E-state index contributed by atoms with van der Waals surface area (Å²) < 4.78 is 0. The van der Waals surface area contributed by atoms with Crippen molar-refractivity contribution in [3.63, 3.8) is 0 Å². The van der Waals surface area contributed by atoms with Crippen molar-refractivity contribution < 1.29 is 9.90 Å². The average Bonchev–Trinajstić information content (AvgIpc) is 2.45. The molecule has 4 atom stereocenters. The first-order valence-corrected chi connectivity index (χ1v) is 8.23. The zero-order valence-electron chi connectivity index (χ0n) is 13.2. The molecule has 20 heavy (non-hydrogen) atoms. The lowest BCUT2D eigenvalue weighted by Crippen LogP contribution is -2.58. The van der Waals surface area contributed by atoms with Crippen molar-refractivity contribution in [2.75, 3.05) is 13.1 Å². The SMILES string of the molecule is CCC(C)NC(=O)C(C)N1CCC2(O)CCCCC2C1. The van der Waals surface area contributed by atoms with E-state index in [1.165, 1.54) is 6.42 Å². The van der Waals surface area contributed by atoms with Crippen LogP contribution in [0.1, 0.15) is 59.3 Å². The first-order valence-electron chi connectivity index (χ1n) is 8.23. The molecule has 0 bridgehead atoms. The van der Waals surface area contributed by atoms with Gasteiger partial charge in [0.2, 0.25) is 5.91 Å². The number of amides is 1. The second-order valence-electron chi connectivity index (χ2n) is 6.79. The number of carbonyl (C=O) groups excluding carboxylic acids is 1. The van der Waals surface area contributed by atoms with Gasteiger partial charge in [0.05, 0.1) is 11.6 Å². The maximum Gasteiger partial charge on any atom is 0.237 e. The van der Waals surface area contributed by atoms with Gasteiger partial charge in [0.1, 0.15) is 0 Å². The van der Waals surface area contributed by atoms with E-state index < -0.39 is 5.60 Å². The first kappa shape index (κ1) is 15.8. The van der Waals surface area contributed by atoms with E-state index in [1.54, 1.807) is 0 Å². The summed E-state index contributed by atoms with van der Waals surface area (Å²) in [5, 5.41) is 13.8. The zero-order chi connectivity index (χ0) is 14.8. The monoisotopic (exact) mass is 282 g/mol. The molecule has 0 aromatic heterocycles. The van der Waals surface area contributed by atoms with Crippen molar-refractivity contribution in [3.8, 4) is 0 Å². The van der Waals surface area contributed by atoms with Gasteiger partial charge in [-0.15, -0.1) is 0 Å². The van der Waals surface area contributed by atoms with Crippen molar-refractivity contribution in [2.24, 2.45) is 5.92 Å². The minimum Gasteiger partial charge on any atom is -0.390 e. The van der Waals surface area contributed by atoms with Crippen molar-refractivity contribution >= 4 is 5.91 Å². The van der Waals surface area contributed by atoms with Crippen LogP contribution in [0.15, 0.2) is 0 Å². The number of nitrogens with one attached hydrogen (secondary N) is 1. The summed E-state index contributed by atoms with van der Waals surface area (Å²) in [6.45, 7) is 7.82. The van der Waals surface area contributed by atoms with E-state index in [9.17, 15) is 9.90 Å². The van der Waals surface area contributed by atoms with Crippen molar-refractivity contribution in [1.82, 2.24) is 10.2 Å². The number of aliphatic hydroxyl groups is 1. The summed E-state index contributed by atoms with van der Waals surface area (Å²) in [5.41, 5.74) is -0.457. The predicted molar refractivity (Wildman–Crippen MR) is 80.5 cm³/mol. The van der Waals surface area contributed by atoms with E-state index in [1.807, 2.05) is 13.8 Å². The molecule has 4 unspecified atom stereocenters. The Morgan fingerprint density at radius 1 is 1.40 bits per heavy atom. The van der Waals surface area contributed by atoms with Crippen LogP contribution < -0.4 is 5.32 Å². The molecule has 1 heterocycles. The number of nitrogens with zero attached hydrogens (tertiary/aromatic N) is 1. The van der Waals surface area contributed by atoms with Gasteiger partial charge in [-0.3, -0.25) is 9.69 Å². The highest BCUT2D eigenvalue weighted by atomic mass is 16.3. The van der Waals surface area contributed by atoms with Gasteiger partial charge in [-0.05, 0) is 39.5 Å². The van der Waals surface area contributed by atoms with E-state index in [-0.39, 0.29) is 18.0 Å². The molecule has 4 heteroatoms. The molecular formula is C16H30N2O2. The highest BCUT2D eigenvalue weighted by Gasteiger charge is 2.44. The van der Waals surface area contributed by atoms with Crippen LogP contribution in [0.2, 0.25) is 0 Å². The number of hydrogen-bond donors (Lipinski definition) is 2. The molecule has 0 spiro atoms. The molecule has 1 aliphatic carbocycles. The smallest absolute Gasteiger partial charge is 0.237 e. The minimum atomic E-state index is -0.457. The molecule has 116 valence electrons. The van der Waals surface area contributed by atoms with E-state index in [0.29, 0.717) is 5.92 Å². The number of carbonyl (C=O) groups is 1. The van der Waals surface area contributed by atoms with E-state index in [0.717, 1.165) is 45.2 Å². The second kappa shape index (κ2) is 6.44. The number of fused-ring (bicyclic) bond motifs is 1. The van der Waals surface area contributed by atoms with Gasteiger partial charge >= 0.3 is 0 Å². The lowest BCUT2D eigenvalue weighted by molar-refractivity contribution is -0.134. The van der Waals surface area contributed by atoms with Crippen LogP contribution in [0, 0.1) is 5.92 Å². The molecule has 4 nitrogen and oxygen atoms in total. The van der Waals surface area contributed by atoms with Crippen LogP contribution in [-0.4, -0.2) is 46.7 Å². The van der Waals surface area contributed by atoms with Crippen molar-refractivity contribution in [1.29, 1.82) is 0 Å². The van der Waals surface area contributed by atoms with Crippen LogP contribution in [0.3, 0.4) is 0 Å². The number of hydrogen-bond acceptors (Lipinski definition) is 3. The maximum atomic E-state index is 12.2. The molecule has 1 saturated heterocycles. The first-order chi connectivity index (χ1) is 9.46. The summed E-state index contributed by atoms with van der Waals surface area (Å²) in [6.07, 6.45) is 6.19. The van der Waals surface area contributed by atoms with E-state index in [2.05, 4.69) is 17.1 Å². The minimum absolute atomic E-state index is 0.0875. The normalized spacial score (nSPS) is 34.1. The van der Waals surface area contributed by atoms with E-state index >= 15 is 0 Å². The van der Waals surface area contributed by atoms with Crippen LogP contribution in [0.5, 0.6) is 0 Å². The summed E-state index contributed by atoms with van der Waals surface area (Å²) in [7, 11) is 0. The van der Waals surface area contributed by atoms with E-state index in [4.69, 9.17) is 0 Å². The summed E-state index contributed by atoms with van der Waals surface area (Å²) in [6, 6.07) is 0.150. The lowest BCUT2D eigenvalue weighted by atomic mass is 9.71. The predicted octanol–water partition coefficient (Wildman–Crippen LogP) is 1.92. The Hall–Kier alpha value is -0.610. The average molecular weight is 282 g/mol. The Balaban J connectivity index is 1.92.